The molecule has 1 nitrogen and oxygen atoms in total. The zero-order valence-electron chi connectivity index (χ0n) is 7.87. The molecule has 0 bridgehead atoms. The highest BCUT2D eigenvalue weighted by molar-refractivity contribution is 9.11. The Morgan fingerprint density at radius 1 is 1.64 bits per heavy atom. The fourth-order valence-corrected chi connectivity index (χ4v) is 3.64. The van der Waals surface area contributed by atoms with Crippen LogP contribution in [0.25, 0.3) is 0 Å². The van der Waals surface area contributed by atoms with Gasteiger partial charge in [0.25, 0.3) is 0 Å². The van der Waals surface area contributed by atoms with E-state index in [4.69, 9.17) is 16.3 Å². The molecular weight excluding hydrogens is 284 g/mol. The second-order valence-electron chi connectivity index (χ2n) is 3.68. The average Bonchev–Trinajstić information content (AvgIpc) is 2.73. The summed E-state index contributed by atoms with van der Waals surface area (Å²) in [5.41, 5.74) is 0. The zero-order valence-corrected chi connectivity index (χ0v) is 11.0. The largest absolute Gasteiger partial charge is 0.378 e. The van der Waals surface area contributed by atoms with Crippen LogP contribution in [0.3, 0.4) is 0 Å². The summed E-state index contributed by atoms with van der Waals surface area (Å²) in [6, 6.07) is 4.14. The quantitative estimate of drug-likeness (QED) is 0.743. The van der Waals surface area contributed by atoms with Gasteiger partial charge in [0.2, 0.25) is 0 Å². The standard InChI is InChI=1S/C10H12BrClOS/c1-6-4-7(5-13-6)10(12)8-2-3-9(11)14-8/h2-3,6-7,10H,4-5H2,1H3. The molecule has 1 aromatic rings. The van der Waals surface area contributed by atoms with Crippen LogP contribution in [-0.4, -0.2) is 12.7 Å². The summed E-state index contributed by atoms with van der Waals surface area (Å²) < 4.78 is 6.67. The molecular formula is C10H12BrClOS. The third-order valence-corrected chi connectivity index (χ3v) is 4.94. The van der Waals surface area contributed by atoms with E-state index in [9.17, 15) is 0 Å². The minimum Gasteiger partial charge on any atom is -0.378 e. The van der Waals surface area contributed by atoms with Gasteiger partial charge >= 0.3 is 0 Å². The van der Waals surface area contributed by atoms with Gasteiger partial charge < -0.3 is 4.74 Å². The minimum absolute atomic E-state index is 0.108. The summed E-state index contributed by atoms with van der Waals surface area (Å²) in [6.45, 7) is 2.90. The van der Waals surface area contributed by atoms with E-state index in [1.807, 2.05) is 0 Å². The van der Waals surface area contributed by atoms with Gasteiger partial charge in [0, 0.05) is 10.8 Å². The van der Waals surface area contributed by atoms with Gasteiger partial charge in [-0.05, 0) is 41.4 Å². The number of ether oxygens (including phenoxy) is 1. The minimum atomic E-state index is 0.108. The van der Waals surface area contributed by atoms with Crippen molar-refractivity contribution in [1.82, 2.24) is 0 Å². The Hall–Kier alpha value is 0.430. The number of rotatable bonds is 2. The highest BCUT2D eigenvalue weighted by Gasteiger charge is 2.29. The van der Waals surface area contributed by atoms with Crippen LogP contribution in [0.1, 0.15) is 23.6 Å². The lowest BCUT2D eigenvalue weighted by molar-refractivity contribution is 0.120. The van der Waals surface area contributed by atoms with Crippen LogP contribution in [0.4, 0.5) is 0 Å². The first-order valence-electron chi connectivity index (χ1n) is 4.67. The molecule has 0 N–H and O–H groups in total. The van der Waals surface area contributed by atoms with Gasteiger partial charge in [0.1, 0.15) is 0 Å². The van der Waals surface area contributed by atoms with Gasteiger partial charge in [0.05, 0.1) is 21.9 Å². The first-order chi connectivity index (χ1) is 6.66. The summed E-state index contributed by atoms with van der Waals surface area (Å²) in [5, 5.41) is 0.108. The van der Waals surface area contributed by atoms with E-state index in [-0.39, 0.29) is 5.38 Å². The smallest absolute Gasteiger partial charge is 0.0730 e. The maximum absolute atomic E-state index is 6.40. The fourth-order valence-electron chi connectivity index (χ4n) is 1.76. The Kier molecular flexibility index (Phi) is 3.53. The number of hydrogen-bond donors (Lipinski definition) is 0. The molecule has 1 saturated heterocycles. The van der Waals surface area contributed by atoms with Crippen molar-refractivity contribution in [3.05, 3.63) is 20.8 Å². The molecule has 1 fully saturated rings. The second-order valence-corrected chi connectivity index (χ2v) is 6.65. The topological polar surface area (TPSA) is 9.23 Å². The molecule has 2 rings (SSSR count). The van der Waals surface area contributed by atoms with Crippen LogP contribution in [0.5, 0.6) is 0 Å². The van der Waals surface area contributed by atoms with Crippen molar-refractivity contribution in [2.24, 2.45) is 5.92 Å². The predicted octanol–water partition coefficient (Wildman–Crippen LogP) is 4.22. The normalized spacial score (nSPS) is 29.4. The number of hydrogen-bond acceptors (Lipinski definition) is 2. The number of alkyl halides is 1. The Morgan fingerprint density at radius 2 is 2.43 bits per heavy atom. The van der Waals surface area contributed by atoms with Crippen LogP contribution >= 0.6 is 38.9 Å². The molecule has 0 spiro atoms. The molecule has 0 amide bonds. The van der Waals surface area contributed by atoms with E-state index in [1.165, 1.54) is 4.88 Å². The van der Waals surface area contributed by atoms with Crippen molar-refractivity contribution in [2.45, 2.75) is 24.8 Å². The Labute approximate surface area is 102 Å². The molecule has 14 heavy (non-hydrogen) atoms. The van der Waals surface area contributed by atoms with E-state index in [2.05, 4.69) is 35.0 Å². The zero-order chi connectivity index (χ0) is 10.1. The molecule has 3 atom stereocenters. The van der Waals surface area contributed by atoms with E-state index in [0.29, 0.717) is 12.0 Å². The lowest BCUT2D eigenvalue weighted by Gasteiger charge is -2.13. The van der Waals surface area contributed by atoms with Gasteiger partial charge in [-0.3, -0.25) is 0 Å². The van der Waals surface area contributed by atoms with E-state index in [0.717, 1.165) is 16.8 Å². The summed E-state index contributed by atoms with van der Waals surface area (Å²) >= 11 is 11.6. The SMILES string of the molecule is CC1CC(C(Cl)c2ccc(Br)s2)CO1. The van der Waals surface area contributed by atoms with Crippen LogP contribution in [0, 0.1) is 5.92 Å². The van der Waals surface area contributed by atoms with E-state index >= 15 is 0 Å². The van der Waals surface area contributed by atoms with E-state index < -0.39 is 0 Å². The highest BCUT2D eigenvalue weighted by atomic mass is 79.9. The van der Waals surface area contributed by atoms with Crippen molar-refractivity contribution >= 4 is 38.9 Å². The van der Waals surface area contributed by atoms with Crippen molar-refractivity contribution in [3.63, 3.8) is 0 Å². The van der Waals surface area contributed by atoms with Gasteiger partial charge in [-0.25, -0.2) is 0 Å². The summed E-state index contributed by atoms with van der Waals surface area (Å²) in [6.07, 6.45) is 1.44. The van der Waals surface area contributed by atoms with E-state index in [1.54, 1.807) is 11.3 Å². The molecule has 0 saturated carbocycles. The highest BCUT2D eigenvalue weighted by Crippen LogP contribution is 2.40. The van der Waals surface area contributed by atoms with Crippen molar-refractivity contribution in [2.75, 3.05) is 6.61 Å². The molecule has 0 aromatic carbocycles. The summed E-state index contributed by atoms with van der Waals surface area (Å²) in [5.74, 6) is 0.470. The summed E-state index contributed by atoms with van der Waals surface area (Å²) in [7, 11) is 0. The molecule has 0 radical (unpaired) electrons. The van der Waals surface area contributed by atoms with Crippen LogP contribution < -0.4 is 0 Å². The van der Waals surface area contributed by atoms with Gasteiger partial charge in [-0.2, -0.15) is 0 Å². The lowest BCUT2D eigenvalue weighted by atomic mass is 10.0. The Bertz CT molecular complexity index is 315. The Morgan fingerprint density at radius 3 is 2.93 bits per heavy atom. The molecule has 1 aliphatic rings. The molecule has 1 aromatic heterocycles. The van der Waals surface area contributed by atoms with Crippen LogP contribution in [0.15, 0.2) is 15.9 Å². The van der Waals surface area contributed by atoms with Gasteiger partial charge in [-0.15, -0.1) is 22.9 Å². The van der Waals surface area contributed by atoms with Crippen molar-refractivity contribution < 1.29 is 4.74 Å². The average molecular weight is 296 g/mol. The van der Waals surface area contributed by atoms with Crippen LogP contribution in [0.2, 0.25) is 0 Å². The fraction of sp³-hybridized carbons (Fsp3) is 0.600. The molecule has 1 aliphatic heterocycles. The van der Waals surface area contributed by atoms with Gasteiger partial charge in [0.15, 0.2) is 0 Å². The first kappa shape index (κ1) is 10.9. The molecule has 3 unspecified atom stereocenters. The molecule has 0 aliphatic carbocycles. The predicted molar refractivity (Wildman–Crippen MR) is 64.1 cm³/mol. The number of halogens is 2. The maximum Gasteiger partial charge on any atom is 0.0730 e. The monoisotopic (exact) mass is 294 g/mol. The third-order valence-electron chi connectivity index (χ3n) is 2.51. The second kappa shape index (κ2) is 4.52. The first-order valence-corrected chi connectivity index (χ1v) is 6.72. The van der Waals surface area contributed by atoms with Crippen molar-refractivity contribution in [1.29, 1.82) is 0 Å². The number of thiophene rings is 1. The lowest BCUT2D eigenvalue weighted by Crippen LogP contribution is -2.06. The van der Waals surface area contributed by atoms with Crippen LogP contribution in [-0.2, 0) is 4.74 Å². The maximum atomic E-state index is 6.40. The molecule has 4 heteroatoms. The van der Waals surface area contributed by atoms with Gasteiger partial charge in [-0.1, -0.05) is 0 Å². The Balaban J connectivity index is 2.05. The third kappa shape index (κ3) is 2.32. The molecule has 2 heterocycles. The molecule has 78 valence electrons. The van der Waals surface area contributed by atoms with Crippen molar-refractivity contribution in [3.8, 4) is 0 Å². The summed E-state index contributed by atoms with van der Waals surface area (Å²) in [4.78, 5) is 1.24.